The second-order valence-corrected chi connectivity index (χ2v) is 8.41. The number of hydrogen-bond acceptors (Lipinski definition) is 6. The largest absolute Gasteiger partial charge is 3.00 e. The zero-order valence-corrected chi connectivity index (χ0v) is 18.0. The molecule has 0 bridgehead atoms. The fourth-order valence-electron chi connectivity index (χ4n) is 0. The van der Waals surface area contributed by atoms with Crippen molar-refractivity contribution < 1.29 is 29.7 Å². The summed E-state index contributed by atoms with van der Waals surface area (Å²) in [5.41, 5.74) is 0. The first-order valence-corrected chi connectivity index (χ1v) is 8.21. The first kappa shape index (κ1) is 28.3. The first-order chi connectivity index (χ1) is 7.93. The summed E-state index contributed by atoms with van der Waals surface area (Å²) in [4.78, 5) is 28.7. The molecule has 0 heterocycles. The number of carboxylic acid groups (broad SMARTS) is 3. The number of rotatable bonds is 3. The van der Waals surface area contributed by atoms with E-state index in [0.717, 1.165) is 0 Å². The van der Waals surface area contributed by atoms with Crippen LogP contribution in [0.1, 0.15) is 20.8 Å². The molecule has 0 fully saturated rings. The van der Waals surface area contributed by atoms with E-state index in [1.54, 1.807) is 88.5 Å². The van der Waals surface area contributed by atoms with Crippen molar-refractivity contribution in [3.63, 3.8) is 0 Å². The van der Waals surface area contributed by atoms with Crippen molar-refractivity contribution >= 4 is 103 Å². The molecule has 0 radical (unpaired) electrons. The van der Waals surface area contributed by atoms with Gasteiger partial charge >= 0.3 is 17.4 Å². The third-order valence-corrected chi connectivity index (χ3v) is 2.50. The molecule has 3 atom stereocenters. The van der Waals surface area contributed by atoms with Gasteiger partial charge in [0.2, 0.25) is 0 Å². The molecule has 0 saturated heterocycles. The van der Waals surface area contributed by atoms with Crippen molar-refractivity contribution in [1.82, 2.24) is 0 Å². The zero-order valence-electron chi connectivity index (χ0n) is 10.4. The Hall–Kier alpha value is 1.13. The van der Waals surface area contributed by atoms with Crippen LogP contribution in [0.5, 0.6) is 0 Å². The van der Waals surface area contributed by atoms with Crippen LogP contribution in [0.2, 0.25) is 0 Å². The minimum Gasteiger partial charge on any atom is -0.549 e. The monoisotopic (exact) mass is 624 g/mol. The molecule has 0 rings (SSSR count). The molecule has 0 aromatic rings. The van der Waals surface area contributed by atoms with Gasteiger partial charge in [0.1, 0.15) is 0 Å². The summed E-state index contributed by atoms with van der Waals surface area (Å²) >= 11 is 5.31. The minimum atomic E-state index is -1.00. The zero-order chi connectivity index (χ0) is 15.5. The second kappa shape index (κ2) is 17.2. The molecule has 0 saturated carbocycles. The van der Waals surface area contributed by atoms with Crippen molar-refractivity contribution in [3.8, 4) is 0 Å². The third kappa shape index (κ3) is 32.6. The standard InChI is InChI=1S/3C3H5IO2.Al/c3*1-2(4)3(5)6;/h3*2H,1H3,(H,5,6);/q;;;+3/p-3. The molecule has 0 aliphatic carbocycles. The number of aliphatic carboxylic acids is 3. The Morgan fingerprint density at radius 1 is 0.684 bits per heavy atom. The Bertz CT molecular complexity index is 228. The number of carbonyl (C=O) groups is 3. The average Bonchev–Trinajstić information content (AvgIpc) is 2.18. The summed E-state index contributed by atoms with van der Waals surface area (Å²) in [6.45, 7) is 4.70. The second-order valence-electron chi connectivity index (χ2n) is 2.81. The normalized spacial score (nSPS) is 12.9. The molecule has 0 aromatic carbocycles. The Labute approximate surface area is 163 Å². The van der Waals surface area contributed by atoms with Crippen LogP contribution in [0.4, 0.5) is 0 Å². The predicted molar refractivity (Wildman–Crippen MR) is 91.2 cm³/mol. The molecule has 10 heteroatoms. The molecule has 0 N–H and O–H groups in total. The minimum absolute atomic E-state index is 0. The van der Waals surface area contributed by atoms with Gasteiger partial charge in [-0.1, -0.05) is 67.8 Å². The topological polar surface area (TPSA) is 120 Å². The molecule has 0 spiro atoms. The molecule has 108 valence electrons. The molecular formula is C9H12AlI3O6. The summed E-state index contributed by atoms with van der Waals surface area (Å²) in [6, 6.07) is 0. The Morgan fingerprint density at radius 3 is 0.737 bits per heavy atom. The van der Waals surface area contributed by atoms with Crippen molar-refractivity contribution in [2.45, 2.75) is 32.5 Å². The van der Waals surface area contributed by atoms with Gasteiger partial charge in [0.15, 0.2) is 0 Å². The number of carboxylic acids is 3. The van der Waals surface area contributed by atoms with Crippen LogP contribution >= 0.6 is 67.8 Å². The molecule has 0 aromatic heterocycles. The van der Waals surface area contributed by atoms with Gasteiger partial charge in [-0.2, -0.15) is 0 Å². The Morgan fingerprint density at radius 2 is 0.737 bits per heavy atom. The van der Waals surface area contributed by atoms with Gasteiger partial charge in [0.05, 0.1) is 17.9 Å². The van der Waals surface area contributed by atoms with Crippen LogP contribution in [0.25, 0.3) is 0 Å². The maximum Gasteiger partial charge on any atom is 3.00 e. The fourth-order valence-corrected chi connectivity index (χ4v) is 0. The van der Waals surface area contributed by atoms with E-state index in [1.807, 2.05) is 0 Å². The fraction of sp³-hybridized carbons (Fsp3) is 0.667. The smallest absolute Gasteiger partial charge is 0.549 e. The van der Waals surface area contributed by atoms with E-state index in [9.17, 15) is 29.7 Å². The molecule has 19 heavy (non-hydrogen) atoms. The van der Waals surface area contributed by atoms with E-state index in [1.165, 1.54) is 0 Å². The summed E-state index contributed by atoms with van der Waals surface area (Å²) in [5.74, 6) is -3.01. The van der Waals surface area contributed by atoms with Crippen molar-refractivity contribution in [1.29, 1.82) is 0 Å². The number of hydrogen-bond donors (Lipinski definition) is 0. The van der Waals surface area contributed by atoms with Crippen LogP contribution in [0, 0.1) is 0 Å². The van der Waals surface area contributed by atoms with Crippen LogP contribution in [0.15, 0.2) is 0 Å². The van der Waals surface area contributed by atoms with Gasteiger partial charge in [-0.05, 0) is 20.8 Å². The van der Waals surface area contributed by atoms with Gasteiger partial charge in [-0.3, -0.25) is 0 Å². The summed E-state index contributed by atoms with van der Waals surface area (Å²) < 4.78 is -1.12. The van der Waals surface area contributed by atoms with Crippen molar-refractivity contribution in [2.24, 2.45) is 0 Å². The number of halogens is 3. The number of alkyl halides is 3. The van der Waals surface area contributed by atoms with Crippen LogP contribution < -0.4 is 15.3 Å². The quantitative estimate of drug-likeness (QED) is 0.210. The van der Waals surface area contributed by atoms with Gasteiger partial charge in [0.25, 0.3) is 0 Å². The van der Waals surface area contributed by atoms with Crippen LogP contribution in [-0.4, -0.2) is 47.0 Å². The van der Waals surface area contributed by atoms with Gasteiger partial charge in [-0.15, -0.1) is 0 Å². The molecule has 0 aliphatic rings. The van der Waals surface area contributed by atoms with E-state index in [-0.39, 0.29) is 29.1 Å². The van der Waals surface area contributed by atoms with Crippen molar-refractivity contribution in [2.75, 3.05) is 0 Å². The van der Waals surface area contributed by atoms with Crippen LogP contribution in [-0.2, 0) is 14.4 Å². The molecule has 6 nitrogen and oxygen atoms in total. The van der Waals surface area contributed by atoms with Gasteiger partial charge in [-0.25, -0.2) is 0 Å². The van der Waals surface area contributed by atoms with Gasteiger partial charge in [0, 0.05) is 11.8 Å². The first-order valence-electron chi connectivity index (χ1n) is 4.48. The van der Waals surface area contributed by atoms with E-state index in [4.69, 9.17) is 0 Å². The maximum atomic E-state index is 9.58. The Balaban J connectivity index is -0.0000000865. The molecule has 0 aliphatic heterocycles. The summed E-state index contributed by atoms with van der Waals surface area (Å²) in [7, 11) is 0. The average molecular weight is 624 g/mol. The third-order valence-electron chi connectivity index (χ3n) is 0.974. The predicted octanol–water partition coefficient (Wildman–Crippen LogP) is -1.70. The van der Waals surface area contributed by atoms with E-state index < -0.39 is 17.9 Å². The summed E-state index contributed by atoms with van der Waals surface area (Å²) in [5, 5.41) is 28.7. The van der Waals surface area contributed by atoms with E-state index in [2.05, 4.69) is 0 Å². The van der Waals surface area contributed by atoms with E-state index >= 15 is 0 Å². The molecule has 0 amide bonds. The van der Waals surface area contributed by atoms with Crippen LogP contribution in [0.3, 0.4) is 0 Å². The summed E-state index contributed by atoms with van der Waals surface area (Å²) in [6.07, 6.45) is 0. The molecule has 3 unspecified atom stereocenters. The maximum absolute atomic E-state index is 9.58. The van der Waals surface area contributed by atoms with E-state index in [0.29, 0.717) is 0 Å². The van der Waals surface area contributed by atoms with Gasteiger partial charge < -0.3 is 29.7 Å². The Kier molecular flexibility index (Phi) is 25.6. The number of carbonyl (C=O) groups excluding carboxylic acids is 3. The van der Waals surface area contributed by atoms with Crippen molar-refractivity contribution in [3.05, 3.63) is 0 Å². The molecular weight excluding hydrogens is 612 g/mol. The SMILES string of the molecule is CC(I)C(=O)[O-].CC(I)C(=O)[O-].CC(I)C(=O)[O-].[Al+3].